The van der Waals surface area contributed by atoms with Crippen molar-refractivity contribution >= 4 is 40.1 Å². The van der Waals surface area contributed by atoms with Crippen molar-refractivity contribution in [1.82, 2.24) is 15.2 Å². The number of carbonyl (C=O) groups excluding carboxylic acids is 2. The molecule has 3 aromatic rings. The summed E-state index contributed by atoms with van der Waals surface area (Å²) in [5, 5.41) is 4.27. The number of methoxy groups -OCH3 is 1. The number of fused-ring (bicyclic) bond motifs is 1. The first kappa shape index (κ1) is 25.7. The number of amides is 1. The van der Waals surface area contributed by atoms with Crippen molar-refractivity contribution in [3.05, 3.63) is 64.4 Å². The van der Waals surface area contributed by atoms with E-state index in [1.165, 1.54) is 31.4 Å². The molecule has 0 unspecified atom stereocenters. The second-order valence-corrected chi connectivity index (χ2v) is 8.82. The van der Waals surface area contributed by atoms with Gasteiger partial charge in [-0.3, -0.25) is 4.79 Å². The predicted octanol–water partition coefficient (Wildman–Crippen LogP) is 3.76. The Morgan fingerprint density at radius 2 is 1.83 bits per heavy atom. The van der Waals surface area contributed by atoms with Crippen LogP contribution in [0.1, 0.15) is 27.1 Å². The van der Waals surface area contributed by atoms with E-state index in [-0.39, 0.29) is 23.2 Å². The van der Waals surface area contributed by atoms with Gasteiger partial charge < -0.3 is 24.6 Å². The maximum absolute atomic E-state index is 13.3. The maximum atomic E-state index is 13.3. The fraction of sp³-hybridized carbons (Fsp3) is 0.346. The standard InChI is InChI=1S/C26H28ClFN4O4/c1-29-10-3-15-36-24-22(26(34)35-2)23(20-16-18(27)6-9-21(20)30-24)31-11-13-32(14-12-31)25(33)17-4-7-19(28)8-5-17/h4-9,16,29H,3,10-15H2,1-2H3. The summed E-state index contributed by atoms with van der Waals surface area (Å²) < 4.78 is 24.3. The number of aromatic nitrogens is 1. The minimum atomic E-state index is -0.562. The van der Waals surface area contributed by atoms with Crippen molar-refractivity contribution in [2.75, 3.05) is 58.4 Å². The monoisotopic (exact) mass is 514 g/mol. The minimum absolute atomic E-state index is 0.168. The number of esters is 1. The summed E-state index contributed by atoms with van der Waals surface area (Å²) in [6, 6.07) is 10.8. The highest BCUT2D eigenvalue weighted by atomic mass is 35.5. The van der Waals surface area contributed by atoms with Gasteiger partial charge in [0.1, 0.15) is 11.4 Å². The Balaban J connectivity index is 1.67. The van der Waals surface area contributed by atoms with Crippen molar-refractivity contribution in [2.24, 2.45) is 0 Å². The Morgan fingerprint density at radius 1 is 1.11 bits per heavy atom. The highest BCUT2D eigenvalue weighted by Crippen LogP contribution is 2.38. The summed E-state index contributed by atoms with van der Waals surface area (Å²) in [5.74, 6) is -0.918. The molecular weight excluding hydrogens is 487 g/mol. The van der Waals surface area contributed by atoms with Gasteiger partial charge in [-0.05, 0) is 62.5 Å². The molecule has 2 heterocycles. The Hall–Kier alpha value is -3.43. The van der Waals surface area contributed by atoms with Crippen LogP contribution in [0.15, 0.2) is 42.5 Å². The van der Waals surface area contributed by atoms with E-state index in [9.17, 15) is 14.0 Å². The molecule has 1 aliphatic heterocycles. The van der Waals surface area contributed by atoms with Gasteiger partial charge in [0, 0.05) is 42.2 Å². The van der Waals surface area contributed by atoms with Crippen molar-refractivity contribution in [3.8, 4) is 5.88 Å². The maximum Gasteiger partial charge on any atom is 0.345 e. The number of ether oxygens (including phenoxy) is 2. The molecule has 1 aromatic heterocycles. The molecule has 0 atom stereocenters. The zero-order valence-corrected chi connectivity index (χ0v) is 21.0. The van der Waals surface area contributed by atoms with Gasteiger partial charge in [0.05, 0.1) is 24.9 Å². The largest absolute Gasteiger partial charge is 0.477 e. The molecule has 190 valence electrons. The molecule has 2 aromatic carbocycles. The predicted molar refractivity (Wildman–Crippen MR) is 137 cm³/mol. The molecule has 10 heteroatoms. The highest BCUT2D eigenvalue weighted by Gasteiger charge is 2.30. The molecule has 1 aliphatic rings. The summed E-state index contributed by atoms with van der Waals surface area (Å²) >= 11 is 6.32. The highest BCUT2D eigenvalue weighted by molar-refractivity contribution is 6.31. The summed E-state index contributed by atoms with van der Waals surface area (Å²) in [7, 11) is 3.18. The van der Waals surface area contributed by atoms with Crippen molar-refractivity contribution in [1.29, 1.82) is 0 Å². The average molecular weight is 515 g/mol. The van der Waals surface area contributed by atoms with E-state index in [0.29, 0.717) is 60.0 Å². The Kier molecular flexibility index (Phi) is 8.22. The number of piperazine rings is 1. The number of benzene rings is 2. The Bertz CT molecular complexity index is 1250. The topological polar surface area (TPSA) is 84.0 Å². The zero-order valence-electron chi connectivity index (χ0n) is 20.2. The number of hydrogen-bond donors (Lipinski definition) is 1. The van der Waals surface area contributed by atoms with E-state index in [1.54, 1.807) is 23.1 Å². The van der Waals surface area contributed by atoms with Gasteiger partial charge in [-0.2, -0.15) is 0 Å². The lowest BCUT2D eigenvalue weighted by Crippen LogP contribution is -2.49. The first-order chi connectivity index (χ1) is 17.4. The molecule has 8 nitrogen and oxygen atoms in total. The number of rotatable bonds is 8. The number of pyridine rings is 1. The number of nitrogens with zero attached hydrogens (tertiary/aromatic N) is 3. The molecule has 4 rings (SSSR count). The third-order valence-corrected chi connectivity index (χ3v) is 6.30. The molecule has 36 heavy (non-hydrogen) atoms. The van der Waals surface area contributed by atoms with E-state index in [1.807, 2.05) is 11.9 Å². The van der Waals surface area contributed by atoms with Crippen LogP contribution in [0.25, 0.3) is 10.9 Å². The van der Waals surface area contributed by atoms with Crippen LogP contribution < -0.4 is 15.0 Å². The fourth-order valence-corrected chi connectivity index (χ4v) is 4.41. The zero-order chi connectivity index (χ0) is 25.7. The molecule has 0 bridgehead atoms. The second-order valence-electron chi connectivity index (χ2n) is 8.39. The second kappa shape index (κ2) is 11.5. The van der Waals surface area contributed by atoms with E-state index in [0.717, 1.165) is 13.0 Å². The Labute approximate surface area is 213 Å². The number of anilines is 1. The lowest BCUT2D eigenvalue weighted by molar-refractivity contribution is 0.0594. The summed E-state index contributed by atoms with van der Waals surface area (Å²) in [5.41, 5.74) is 1.91. The lowest BCUT2D eigenvalue weighted by Gasteiger charge is -2.37. The van der Waals surface area contributed by atoms with Crippen LogP contribution in [-0.4, -0.2) is 75.2 Å². The van der Waals surface area contributed by atoms with Crippen LogP contribution in [0.5, 0.6) is 5.88 Å². The molecule has 0 saturated carbocycles. The molecule has 1 fully saturated rings. The van der Waals surface area contributed by atoms with Gasteiger partial charge in [-0.15, -0.1) is 0 Å². The van der Waals surface area contributed by atoms with E-state index in [2.05, 4.69) is 10.3 Å². The number of nitrogens with one attached hydrogen (secondary N) is 1. The van der Waals surface area contributed by atoms with Crippen LogP contribution in [0, 0.1) is 5.82 Å². The summed E-state index contributed by atoms with van der Waals surface area (Å²) in [6.45, 7) is 2.88. The van der Waals surface area contributed by atoms with Crippen molar-refractivity contribution in [2.45, 2.75) is 6.42 Å². The smallest absolute Gasteiger partial charge is 0.345 e. The van der Waals surface area contributed by atoms with Crippen LogP contribution in [0.3, 0.4) is 0 Å². The van der Waals surface area contributed by atoms with Crippen molar-refractivity contribution in [3.63, 3.8) is 0 Å². The summed E-state index contributed by atoms with van der Waals surface area (Å²) in [6.07, 6.45) is 0.733. The molecule has 0 aliphatic carbocycles. The molecule has 1 N–H and O–H groups in total. The van der Waals surface area contributed by atoms with Crippen LogP contribution in [0.4, 0.5) is 10.1 Å². The van der Waals surface area contributed by atoms with Crippen LogP contribution >= 0.6 is 11.6 Å². The van der Waals surface area contributed by atoms with Gasteiger partial charge in [-0.1, -0.05) is 11.6 Å². The van der Waals surface area contributed by atoms with E-state index < -0.39 is 5.97 Å². The SMILES string of the molecule is CNCCCOc1nc2ccc(Cl)cc2c(N2CCN(C(=O)c3ccc(F)cc3)CC2)c1C(=O)OC. The lowest BCUT2D eigenvalue weighted by atomic mass is 10.1. The average Bonchev–Trinajstić information content (AvgIpc) is 2.90. The number of halogens is 2. The normalized spacial score (nSPS) is 13.7. The van der Waals surface area contributed by atoms with Crippen LogP contribution in [0.2, 0.25) is 5.02 Å². The molecular formula is C26H28ClFN4O4. The molecule has 0 spiro atoms. The van der Waals surface area contributed by atoms with Gasteiger partial charge >= 0.3 is 5.97 Å². The number of carbonyl (C=O) groups is 2. The van der Waals surface area contributed by atoms with Crippen LogP contribution in [-0.2, 0) is 4.74 Å². The summed E-state index contributed by atoms with van der Waals surface area (Å²) in [4.78, 5) is 34.3. The van der Waals surface area contributed by atoms with Gasteiger partial charge in [0.2, 0.25) is 5.88 Å². The quantitative estimate of drug-likeness (QED) is 0.362. The van der Waals surface area contributed by atoms with Gasteiger partial charge in [0.25, 0.3) is 5.91 Å². The third kappa shape index (κ3) is 5.52. The molecule has 1 amide bonds. The van der Waals surface area contributed by atoms with E-state index in [4.69, 9.17) is 21.1 Å². The minimum Gasteiger partial charge on any atom is -0.477 e. The van der Waals surface area contributed by atoms with E-state index >= 15 is 0 Å². The van der Waals surface area contributed by atoms with Gasteiger partial charge in [-0.25, -0.2) is 14.2 Å². The first-order valence-corrected chi connectivity index (χ1v) is 12.1. The number of hydrogen-bond acceptors (Lipinski definition) is 7. The van der Waals surface area contributed by atoms with Crippen molar-refractivity contribution < 1.29 is 23.5 Å². The fourth-order valence-electron chi connectivity index (χ4n) is 4.24. The molecule has 0 radical (unpaired) electrons. The molecule has 1 saturated heterocycles. The third-order valence-electron chi connectivity index (χ3n) is 6.06. The Morgan fingerprint density at radius 3 is 2.50 bits per heavy atom. The van der Waals surface area contributed by atoms with Gasteiger partial charge in [0.15, 0.2) is 0 Å². The first-order valence-electron chi connectivity index (χ1n) is 11.7.